The molecule has 3 nitrogen and oxygen atoms in total. The normalized spacial score (nSPS) is 13.7. The lowest BCUT2D eigenvalue weighted by Crippen LogP contribution is -2.43. The van der Waals surface area contributed by atoms with Crippen LogP contribution < -0.4 is 0 Å². The van der Waals surface area contributed by atoms with Gasteiger partial charge in [0, 0.05) is 0 Å². The van der Waals surface area contributed by atoms with Crippen LogP contribution in [0.5, 0.6) is 0 Å². The molecule has 1 aromatic rings. The first-order valence-corrected chi connectivity index (χ1v) is 4.56. The van der Waals surface area contributed by atoms with Crippen LogP contribution in [-0.2, 0) is 0 Å². The summed E-state index contributed by atoms with van der Waals surface area (Å²) in [6, 6.07) is 9.28. The minimum Gasteiger partial charge on any atom is -0.377 e. The smallest absolute Gasteiger partial charge is 0.228 e. The van der Waals surface area contributed by atoms with E-state index in [0.717, 1.165) is 5.56 Å². The molecular formula is C11H17N2O+. The summed E-state index contributed by atoms with van der Waals surface area (Å²) in [5, 5.41) is 17.7. The van der Waals surface area contributed by atoms with E-state index in [0.29, 0.717) is 4.48 Å². The van der Waals surface area contributed by atoms with Gasteiger partial charge >= 0.3 is 0 Å². The largest absolute Gasteiger partial charge is 0.377 e. The number of aliphatic hydroxyl groups excluding tert-OH is 1. The van der Waals surface area contributed by atoms with Crippen molar-refractivity contribution < 1.29 is 9.59 Å². The van der Waals surface area contributed by atoms with E-state index >= 15 is 0 Å². The molecule has 1 atom stereocenters. The van der Waals surface area contributed by atoms with Crippen LogP contribution in [0.4, 0.5) is 0 Å². The van der Waals surface area contributed by atoms with E-state index in [-0.39, 0.29) is 5.84 Å². The summed E-state index contributed by atoms with van der Waals surface area (Å²) >= 11 is 0. The minimum absolute atomic E-state index is 0.288. The van der Waals surface area contributed by atoms with Crippen LogP contribution in [0.2, 0.25) is 0 Å². The fraction of sp³-hybridized carbons (Fsp3) is 0.364. The van der Waals surface area contributed by atoms with Gasteiger partial charge in [0.15, 0.2) is 6.10 Å². The molecule has 0 saturated carbocycles. The number of amidine groups is 1. The second-order valence-electron chi connectivity index (χ2n) is 4.21. The van der Waals surface area contributed by atoms with Crippen molar-refractivity contribution in [3.05, 3.63) is 35.9 Å². The molecule has 0 aliphatic rings. The third-order valence-electron chi connectivity index (χ3n) is 2.10. The molecule has 2 N–H and O–H groups in total. The summed E-state index contributed by atoms with van der Waals surface area (Å²) < 4.78 is 0.343. The fourth-order valence-corrected chi connectivity index (χ4v) is 1.16. The molecule has 0 bridgehead atoms. The maximum atomic E-state index is 9.88. The molecule has 0 fully saturated rings. The van der Waals surface area contributed by atoms with Gasteiger partial charge < -0.3 is 5.11 Å². The molecule has 0 heterocycles. The number of benzene rings is 1. The molecule has 0 saturated heterocycles. The Balaban J connectivity index is 2.87. The topological polar surface area (TPSA) is 44.1 Å². The average molecular weight is 193 g/mol. The third kappa shape index (κ3) is 2.40. The lowest BCUT2D eigenvalue weighted by Gasteiger charge is -2.26. The Kier molecular flexibility index (Phi) is 3.03. The zero-order valence-electron chi connectivity index (χ0n) is 8.86. The Morgan fingerprint density at radius 1 is 1.21 bits per heavy atom. The van der Waals surface area contributed by atoms with Crippen molar-refractivity contribution in [2.45, 2.75) is 6.10 Å². The first-order chi connectivity index (χ1) is 6.43. The standard InChI is InChI=1S/C11H17N2O/c1-13(2,3)11(12)10(14)9-7-5-4-6-8-9/h4-8,10,12,14H,1-3H3/q+1. The van der Waals surface area contributed by atoms with Crippen LogP contribution in [0.15, 0.2) is 30.3 Å². The highest BCUT2D eigenvalue weighted by molar-refractivity contribution is 5.78. The first kappa shape index (κ1) is 10.9. The first-order valence-electron chi connectivity index (χ1n) is 4.56. The predicted molar refractivity (Wildman–Crippen MR) is 57.2 cm³/mol. The number of hydrogen-bond donors (Lipinski definition) is 2. The molecule has 1 aromatic carbocycles. The molecule has 0 amide bonds. The molecule has 0 radical (unpaired) electrons. The van der Waals surface area contributed by atoms with Crippen LogP contribution in [0.3, 0.4) is 0 Å². The number of aliphatic hydroxyl groups is 1. The number of rotatable bonds is 2. The molecular weight excluding hydrogens is 176 g/mol. The van der Waals surface area contributed by atoms with Crippen LogP contribution in [0.25, 0.3) is 0 Å². The van der Waals surface area contributed by atoms with Gasteiger partial charge in [-0.1, -0.05) is 30.3 Å². The van der Waals surface area contributed by atoms with Gasteiger partial charge in [0.25, 0.3) is 0 Å². The van der Waals surface area contributed by atoms with Crippen molar-refractivity contribution in [2.75, 3.05) is 21.1 Å². The predicted octanol–water partition coefficient (Wildman–Crippen LogP) is 1.40. The Labute approximate surface area is 84.7 Å². The average Bonchev–Trinajstić information content (AvgIpc) is 2.15. The molecule has 14 heavy (non-hydrogen) atoms. The molecule has 1 unspecified atom stereocenters. The highest BCUT2D eigenvalue weighted by Gasteiger charge is 2.25. The van der Waals surface area contributed by atoms with Gasteiger partial charge in [0.05, 0.1) is 21.1 Å². The van der Waals surface area contributed by atoms with Crippen molar-refractivity contribution in [1.29, 1.82) is 5.41 Å². The number of hydrogen-bond acceptors (Lipinski definition) is 2. The van der Waals surface area contributed by atoms with Gasteiger partial charge in [0.2, 0.25) is 5.84 Å². The van der Waals surface area contributed by atoms with Gasteiger partial charge in [-0.05, 0) is 5.56 Å². The van der Waals surface area contributed by atoms with E-state index in [9.17, 15) is 5.11 Å². The molecule has 0 aromatic heterocycles. The third-order valence-corrected chi connectivity index (χ3v) is 2.10. The van der Waals surface area contributed by atoms with E-state index in [1.54, 1.807) is 0 Å². The number of nitrogens with zero attached hydrogens (tertiary/aromatic N) is 1. The van der Waals surface area contributed by atoms with E-state index in [4.69, 9.17) is 5.41 Å². The molecule has 0 spiro atoms. The maximum absolute atomic E-state index is 9.88. The van der Waals surface area contributed by atoms with Crippen molar-refractivity contribution >= 4 is 5.84 Å². The monoisotopic (exact) mass is 193 g/mol. The maximum Gasteiger partial charge on any atom is 0.228 e. The zero-order chi connectivity index (χ0) is 10.8. The van der Waals surface area contributed by atoms with E-state index in [1.807, 2.05) is 51.5 Å². The zero-order valence-corrected chi connectivity index (χ0v) is 8.86. The Morgan fingerprint density at radius 3 is 2.14 bits per heavy atom. The van der Waals surface area contributed by atoms with Crippen LogP contribution in [0, 0.1) is 5.41 Å². The second-order valence-corrected chi connectivity index (χ2v) is 4.21. The van der Waals surface area contributed by atoms with Gasteiger partial charge in [-0.15, -0.1) is 0 Å². The van der Waals surface area contributed by atoms with Crippen molar-refractivity contribution in [1.82, 2.24) is 0 Å². The number of nitrogens with one attached hydrogen (secondary N) is 1. The lowest BCUT2D eigenvalue weighted by atomic mass is 10.1. The molecule has 76 valence electrons. The Hall–Kier alpha value is -1.19. The second kappa shape index (κ2) is 3.90. The summed E-state index contributed by atoms with van der Waals surface area (Å²) in [7, 11) is 5.61. The minimum atomic E-state index is -0.809. The van der Waals surface area contributed by atoms with Crippen LogP contribution in [0.1, 0.15) is 11.7 Å². The summed E-state index contributed by atoms with van der Waals surface area (Å²) in [6.45, 7) is 0. The number of quaternary nitrogens is 1. The Bertz CT molecular complexity index is 314. The van der Waals surface area contributed by atoms with Crippen LogP contribution >= 0.6 is 0 Å². The van der Waals surface area contributed by atoms with Gasteiger partial charge in [-0.25, -0.2) is 0 Å². The van der Waals surface area contributed by atoms with Crippen molar-refractivity contribution in [2.24, 2.45) is 0 Å². The summed E-state index contributed by atoms with van der Waals surface area (Å²) in [4.78, 5) is 0. The van der Waals surface area contributed by atoms with Crippen LogP contribution in [-0.4, -0.2) is 36.6 Å². The molecule has 0 aliphatic carbocycles. The summed E-state index contributed by atoms with van der Waals surface area (Å²) in [5.41, 5.74) is 0.769. The quantitative estimate of drug-likeness (QED) is 0.416. The molecule has 0 aliphatic heterocycles. The SMILES string of the molecule is C[N+](C)(C)C(=N)C(O)c1ccccc1. The van der Waals surface area contributed by atoms with Crippen molar-refractivity contribution in [3.63, 3.8) is 0 Å². The summed E-state index contributed by atoms with van der Waals surface area (Å²) in [5.74, 6) is 0.288. The van der Waals surface area contributed by atoms with E-state index in [2.05, 4.69) is 0 Å². The summed E-state index contributed by atoms with van der Waals surface area (Å²) in [6.07, 6.45) is -0.809. The Morgan fingerprint density at radius 2 is 1.71 bits per heavy atom. The fourth-order valence-electron chi connectivity index (χ4n) is 1.16. The highest BCUT2D eigenvalue weighted by Crippen LogP contribution is 2.16. The van der Waals surface area contributed by atoms with Gasteiger partial charge in [0.1, 0.15) is 0 Å². The lowest BCUT2D eigenvalue weighted by molar-refractivity contribution is -0.781. The highest BCUT2D eigenvalue weighted by atomic mass is 16.3. The molecule has 1 rings (SSSR count). The van der Waals surface area contributed by atoms with E-state index < -0.39 is 6.10 Å². The van der Waals surface area contributed by atoms with Gasteiger partial charge in [-0.3, -0.25) is 9.89 Å². The van der Waals surface area contributed by atoms with Crippen molar-refractivity contribution in [3.8, 4) is 0 Å². The number of likely N-dealkylation sites (N-methyl/N-ethyl adjacent to an activating group) is 1. The molecule has 3 heteroatoms. The van der Waals surface area contributed by atoms with Gasteiger partial charge in [-0.2, -0.15) is 0 Å². The van der Waals surface area contributed by atoms with E-state index in [1.165, 1.54) is 0 Å².